The van der Waals surface area contributed by atoms with E-state index >= 15 is 0 Å². The number of hydrogen-bond donors (Lipinski definition) is 1. The summed E-state index contributed by atoms with van der Waals surface area (Å²) in [6.07, 6.45) is 11.6. The maximum atomic E-state index is 6.10. The molecule has 2 aliphatic carbocycles. The van der Waals surface area contributed by atoms with E-state index in [2.05, 4.69) is 20.9 Å². The van der Waals surface area contributed by atoms with Crippen LogP contribution in [0.25, 0.3) is 0 Å². The molecule has 2 N–H and O–H groups in total. The van der Waals surface area contributed by atoms with Crippen molar-refractivity contribution in [1.29, 1.82) is 0 Å². The molecule has 1 aromatic heterocycles. The molecule has 19 heavy (non-hydrogen) atoms. The molecule has 0 atom stereocenters. The van der Waals surface area contributed by atoms with Crippen LogP contribution in [0.15, 0.2) is 4.47 Å². The molecule has 0 radical (unpaired) electrons. The number of aromatic nitrogens is 2. The number of anilines is 1. The van der Waals surface area contributed by atoms with E-state index in [9.17, 15) is 0 Å². The van der Waals surface area contributed by atoms with Crippen molar-refractivity contribution in [3.63, 3.8) is 0 Å². The SMILES string of the molecule is Nc1nc(C2CCCCC2)nc(C2CCCC2)c1Br. The minimum absolute atomic E-state index is 0.532. The van der Waals surface area contributed by atoms with Crippen LogP contribution in [0.3, 0.4) is 0 Å². The first-order valence-corrected chi connectivity index (χ1v) is 8.38. The van der Waals surface area contributed by atoms with E-state index in [1.807, 2.05) is 0 Å². The van der Waals surface area contributed by atoms with Gasteiger partial charge < -0.3 is 5.73 Å². The van der Waals surface area contributed by atoms with Gasteiger partial charge in [-0.15, -0.1) is 0 Å². The molecule has 0 aromatic carbocycles. The Morgan fingerprint density at radius 2 is 1.42 bits per heavy atom. The predicted molar refractivity (Wildman–Crippen MR) is 81.2 cm³/mol. The summed E-state index contributed by atoms with van der Waals surface area (Å²) in [5.74, 6) is 2.76. The van der Waals surface area contributed by atoms with Crippen molar-refractivity contribution in [2.75, 3.05) is 5.73 Å². The van der Waals surface area contributed by atoms with Crippen molar-refractivity contribution in [3.8, 4) is 0 Å². The Hall–Kier alpha value is -0.640. The topological polar surface area (TPSA) is 51.8 Å². The fourth-order valence-corrected chi connectivity index (χ4v) is 4.02. The second-order valence-electron chi connectivity index (χ2n) is 5.98. The Kier molecular flexibility index (Phi) is 4.06. The van der Waals surface area contributed by atoms with Crippen LogP contribution in [0.1, 0.15) is 81.1 Å². The highest BCUT2D eigenvalue weighted by Crippen LogP contribution is 2.40. The molecular formula is C15H22BrN3. The van der Waals surface area contributed by atoms with Gasteiger partial charge >= 0.3 is 0 Å². The van der Waals surface area contributed by atoms with Gasteiger partial charge in [-0.05, 0) is 41.6 Å². The lowest BCUT2D eigenvalue weighted by Gasteiger charge is -2.22. The molecule has 2 fully saturated rings. The van der Waals surface area contributed by atoms with Gasteiger partial charge in [0.15, 0.2) is 0 Å². The first-order chi connectivity index (χ1) is 9.25. The van der Waals surface area contributed by atoms with Gasteiger partial charge in [0.05, 0.1) is 10.2 Å². The van der Waals surface area contributed by atoms with Crippen molar-refractivity contribution in [3.05, 3.63) is 16.0 Å². The normalized spacial score (nSPS) is 21.9. The summed E-state index contributed by atoms with van der Waals surface area (Å²) in [6, 6.07) is 0. The smallest absolute Gasteiger partial charge is 0.141 e. The summed E-state index contributed by atoms with van der Waals surface area (Å²) >= 11 is 3.60. The number of nitrogens with zero attached hydrogens (tertiary/aromatic N) is 2. The zero-order chi connectivity index (χ0) is 13.2. The predicted octanol–water partition coefficient (Wildman–Crippen LogP) is 4.53. The van der Waals surface area contributed by atoms with Crippen molar-refractivity contribution >= 4 is 21.7 Å². The lowest BCUT2D eigenvalue weighted by Crippen LogP contribution is -2.13. The molecular weight excluding hydrogens is 302 g/mol. The Balaban J connectivity index is 1.92. The van der Waals surface area contributed by atoms with Crippen molar-refractivity contribution in [2.45, 2.75) is 69.6 Å². The molecule has 1 heterocycles. The lowest BCUT2D eigenvalue weighted by atomic mass is 9.88. The molecule has 104 valence electrons. The van der Waals surface area contributed by atoms with Crippen LogP contribution in [-0.2, 0) is 0 Å². The molecule has 0 aliphatic heterocycles. The summed E-state index contributed by atoms with van der Waals surface area (Å²) in [7, 11) is 0. The maximum absolute atomic E-state index is 6.10. The van der Waals surface area contributed by atoms with E-state index in [-0.39, 0.29) is 0 Å². The number of nitrogen functional groups attached to an aromatic ring is 1. The van der Waals surface area contributed by atoms with E-state index in [1.54, 1.807) is 0 Å². The number of nitrogens with two attached hydrogens (primary N) is 1. The average Bonchev–Trinajstić information content (AvgIpc) is 2.96. The summed E-state index contributed by atoms with van der Waals surface area (Å²) < 4.78 is 0.943. The molecule has 0 amide bonds. The Labute approximate surface area is 123 Å². The molecule has 0 saturated heterocycles. The summed E-state index contributed by atoms with van der Waals surface area (Å²) in [5.41, 5.74) is 7.27. The van der Waals surface area contributed by atoms with Crippen LogP contribution in [0.2, 0.25) is 0 Å². The third kappa shape index (κ3) is 2.78. The molecule has 2 saturated carbocycles. The highest BCUT2D eigenvalue weighted by atomic mass is 79.9. The van der Waals surface area contributed by atoms with Crippen molar-refractivity contribution in [1.82, 2.24) is 9.97 Å². The van der Waals surface area contributed by atoms with Crippen LogP contribution in [0.4, 0.5) is 5.82 Å². The van der Waals surface area contributed by atoms with E-state index in [1.165, 1.54) is 63.5 Å². The second-order valence-corrected chi connectivity index (χ2v) is 6.78. The Bertz CT molecular complexity index is 449. The fraction of sp³-hybridized carbons (Fsp3) is 0.733. The van der Waals surface area contributed by atoms with Gasteiger partial charge in [0.25, 0.3) is 0 Å². The van der Waals surface area contributed by atoms with E-state index in [4.69, 9.17) is 10.7 Å². The van der Waals surface area contributed by atoms with Crippen molar-refractivity contribution < 1.29 is 0 Å². The van der Waals surface area contributed by atoms with Gasteiger partial charge in [0, 0.05) is 11.8 Å². The van der Waals surface area contributed by atoms with Gasteiger partial charge in [-0.25, -0.2) is 9.97 Å². The lowest BCUT2D eigenvalue weighted by molar-refractivity contribution is 0.427. The zero-order valence-corrected chi connectivity index (χ0v) is 13.0. The average molecular weight is 324 g/mol. The highest BCUT2D eigenvalue weighted by molar-refractivity contribution is 9.10. The van der Waals surface area contributed by atoms with Gasteiger partial charge in [-0.2, -0.15) is 0 Å². The fourth-order valence-electron chi connectivity index (χ4n) is 3.51. The maximum Gasteiger partial charge on any atom is 0.141 e. The van der Waals surface area contributed by atoms with E-state index in [0.717, 1.165) is 10.3 Å². The summed E-state index contributed by atoms with van der Waals surface area (Å²) in [4.78, 5) is 9.45. The van der Waals surface area contributed by atoms with Crippen LogP contribution in [0, 0.1) is 0 Å². The molecule has 3 nitrogen and oxygen atoms in total. The number of halogens is 1. The van der Waals surface area contributed by atoms with Gasteiger partial charge in [0.1, 0.15) is 11.6 Å². The Morgan fingerprint density at radius 1 is 0.842 bits per heavy atom. The van der Waals surface area contributed by atoms with Crippen LogP contribution in [0.5, 0.6) is 0 Å². The quantitative estimate of drug-likeness (QED) is 0.870. The molecule has 2 aliphatic rings. The molecule has 0 bridgehead atoms. The summed E-state index contributed by atoms with van der Waals surface area (Å²) in [5, 5.41) is 0. The number of hydrogen-bond acceptors (Lipinski definition) is 3. The molecule has 0 unspecified atom stereocenters. The first kappa shape index (κ1) is 13.3. The Morgan fingerprint density at radius 3 is 2.11 bits per heavy atom. The van der Waals surface area contributed by atoms with Gasteiger partial charge in [0.2, 0.25) is 0 Å². The molecule has 1 aromatic rings. The third-order valence-corrected chi connectivity index (χ3v) is 5.44. The standard InChI is InChI=1S/C15H22BrN3/c16-12-13(10-6-4-5-7-10)18-15(19-14(12)17)11-8-2-1-3-9-11/h10-11H,1-9H2,(H2,17,18,19). The van der Waals surface area contributed by atoms with Crippen molar-refractivity contribution in [2.24, 2.45) is 0 Å². The van der Waals surface area contributed by atoms with Gasteiger partial charge in [-0.3, -0.25) is 0 Å². The minimum atomic E-state index is 0.532. The minimum Gasteiger partial charge on any atom is -0.383 e. The highest BCUT2D eigenvalue weighted by Gasteiger charge is 2.26. The largest absolute Gasteiger partial charge is 0.383 e. The van der Waals surface area contributed by atoms with Crippen LogP contribution in [-0.4, -0.2) is 9.97 Å². The van der Waals surface area contributed by atoms with Crippen LogP contribution < -0.4 is 5.73 Å². The van der Waals surface area contributed by atoms with E-state index in [0.29, 0.717) is 17.7 Å². The molecule has 3 rings (SSSR count). The summed E-state index contributed by atoms with van der Waals surface area (Å²) in [6.45, 7) is 0. The number of rotatable bonds is 2. The molecule has 0 spiro atoms. The second kappa shape index (κ2) is 5.78. The monoisotopic (exact) mass is 323 g/mol. The van der Waals surface area contributed by atoms with Crippen LogP contribution >= 0.6 is 15.9 Å². The van der Waals surface area contributed by atoms with Gasteiger partial charge in [-0.1, -0.05) is 32.1 Å². The first-order valence-electron chi connectivity index (χ1n) is 7.58. The third-order valence-electron chi connectivity index (χ3n) is 4.63. The van der Waals surface area contributed by atoms with E-state index < -0.39 is 0 Å². The zero-order valence-electron chi connectivity index (χ0n) is 11.4. The molecule has 4 heteroatoms.